The number of benzene rings is 2. The SMILES string of the molecule is CCN(C(=O)c1cccc(NC(=O)/C=C/c2cccs2)c1)c1ccccc1. The van der Waals surface area contributed by atoms with Crippen LogP contribution in [0.4, 0.5) is 11.4 Å². The van der Waals surface area contributed by atoms with Gasteiger partial charge in [-0.25, -0.2) is 0 Å². The molecule has 0 aliphatic heterocycles. The Morgan fingerprint density at radius 3 is 2.56 bits per heavy atom. The number of carbonyl (C=O) groups excluding carboxylic acids is 2. The van der Waals surface area contributed by atoms with E-state index in [2.05, 4.69) is 5.32 Å². The van der Waals surface area contributed by atoms with Gasteiger partial charge in [-0.15, -0.1) is 11.3 Å². The summed E-state index contributed by atoms with van der Waals surface area (Å²) in [7, 11) is 0. The summed E-state index contributed by atoms with van der Waals surface area (Å²) in [4.78, 5) is 27.7. The number of amides is 2. The van der Waals surface area contributed by atoms with Crippen molar-refractivity contribution >= 4 is 40.6 Å². The van der Waals surface area contributed by atoms with E-state index in [0.29, 0.717) is 17.8 Å². The first-order valence-electron chi connectivity index (χ1n) is 8.67. The van der Waals surface area contributed by atoms with Gasteiger partial charge in [0.05, 0.1) is 0 Å². The van der Waals surface area contributed by atoms with E-state index in [9.17, 15) is 9.59 Å². The van der Waals surface area contributed by atoms with E-state index >= 15 is 0 Å². The highest BCUT2D eigenvalue weighted by Crippen LogP contribution is 2.19. The Morgan fingerprint density at radius 1 is 1.04 bits per heavy atom. The van der Waals surface area contributed by atoms with Crippen molar-refractivity contribution in [2.75, 3.05) is 16.8 Å². The molecular formula is C22H20N2O2S. The van der Waals surface area contributed by atoms with Crippen LogP contribution < -0.4 is 10.2 Å². The Bertz CT molecular complexity index is 934. The number of rotatable bonds is 6. The molecule has 5 heteroatoms. The number of hydrogen-bond donors (Lipinski definition) is 1. The summed E-state index contributed by atoms with van der Waals surface area (Å²) in [5, 5.41) is 4.76. The second-order valence-electron chi connectivity index (χ2n) is 5.80. The molecule has 0 bridgehead atoms. The summed E-state index contributed by atoms with van der Waals surface area (Å²) in [6.07, 6.45) is 3.26. The van der Waals surface area contributed by atoms with Crippen molar-refractivity contribution in [2.24, 2.45) is 0 Å². The first kappa shape index (κ1) is 18.6. The Morgan fingerprint density at radius 2 is 1.85 bits per heavy atom. The first-order chi connectivity index (χ1) is 13.2. The molecule has 1 N–H and O–H groups in total. The number of carbonyl (C=O) groups is 2. The lowest BCUT2D eigenvalue weighted by Gasteiger charge is -2.21. The zero-order chi connectivity index (χ0) is 19.1. The highest BCUT2D eigenvalue weighted by molar-refractivity contribution is 7.10. The molecule has 27 heavy (non-hydrogen) atoms. The summed E-state index contributed by atoms with van der Waals surface area (Å²) in [5.74, 6) is -0.336. The minimum Gasteiger partial charge on any atom is -0.322 e. The second-order valence-corrected chi connectivity index (χ2v) is 6.78. The molecule has 0 saturated heterocycles. The van der Waals surface area contributed by atoms with Crippen LogP contribution in [0.3, 0.4) is 0 Å². The molecule has 2 amide bonds. The number of para-hydroxylation sites is 1. The maximum absolute atomic E-state index is 12.9. The van der Waals surface area contributed by atoms with Gasteiger partial charge in [0.2, 0.25) is 5.91 Å². The quantitative estimate of drug-likeness (QED) is 0.611. The molecule has 0 atom stereocenters. The number of nitrogens with zero attached hydrogens (tertiary/aromatic N) is 1. The van der Waals surface area contributed by atoms with Crippen LogP contribution in [0.5, 0.6) is 0 Å². The maximum Gasteiger partial charge on any atom is 0.258 e. The highest BCUT2D eigenvalue weighted by atomic mass is 32.1. The number of nitrogens with one attached hydrogen (secondary N) is 1. The van der Waals surface area contributed by atoms with E-state index in [1.165, 1.54) is 6.08 Å². The van der Waals surface area contributed by atoms with Crippen molar-refractivity contribution in [1.29, 1.82) is 0 Å². The van der Waals surface area contributed by atoms with Crippen molar-refractivity contribution < 1.29 is 9.59 Å². The smallest absolute Gasteiger partial charge is 0.258 e. The Labute approximate surface area is 162 Å². The predicted octanol–water partition coefficient (Wildman–Crippen LogP) is 5.07. The molecule has 3 rings (SSSR count). The van der Waals surface area contributed by atoms with Gasteiger partial charge in [0, 0.05) is 34.4 Å². The monoisotopic (exact) mass is 376 g/mol. The maximum atomic E-state index is 12.9. The van der Waals surface area contributed by atoms with Crippen LogP contribution in [0.15, 0.2) is 78.2 Å². The van der Waals surface area contributed by atoms with Gasteiger partial charge in [0.1, 0.15) is 0 Å². The molecule has 0 radical (unpaired) electrons. The van der Waals surface area contributed by atoms with Crippen LogP contribution >= 0.6 is 11.3 Å². The van der Waals surface area contributed by atoms with Gasteiger partial charge < -0.3 is 10.2 Å². The Kier molecular flexibility index (Phi) is 6.18. The molecule has 0 aliphatic carbocycles. The number of hydrogen-bond acceptors (Lipinski definition) is 3. The van der Waals surface area contributed by atoms with Crippen molar-refractivity contribution in [3.8, 4) is 0 Å². The normalized spacial score (nSPS) is 10.7. The van der Waals surface area contributed by atoms with Crippen molar-refractivity contribution in [2.45, 2.75) is 6.92 Å². The van der Waals surface area contributed by atoms with Crippen LogP contribution in [-0.2, 0) is 4.79 Å². The average molecular weight is 376 g/mol. The zero-order valence-corrected chi connectivity index (χ0v) is 15.8. The molecule has 0 unspecified atom stereocenters. The summed E-state index contributed by atoms with van der Waals surface area (Å²) in [5.41, 5.74) is 1.96. The van der Waals surface area contributed by atoms with Crippen LogP contribution in [-0.4, -0.2) is 18.4 Å². The fourth-order valence-corrected chi connectivity index (χ4v) is 3.28. The van der Waals surface area contributed by atoms with Crippen molar-refractivity contribution in [3.63, 3.8) is 0 Å². The van der Waals surface area contributed by atoms with Gasteiger partial charge in [-0.2, -0.15) is 0 Å². The van der Waals surface area contributed by atoms with Gasteiger partial charge in [-0.3, -0.25) is 9.59 Å². The van der Waals surface area contributed by atoms with E-state index in [-0.39, 0.29) is 11.8 Å². The van der Waals surface area contributed by atoms with Crippen LogP contribution in [0.1, 0.15) is 22.2 Å². The third-order valence-electron chi connectivity index (χ3n) is 3.95. The van der Waals surface area contributed by atoms with E-state index in [4.69, 9.17) is 0 Å². The standard InChI is InChI=1S/C22H20N2O2S/c1-2-24(19-10-4-3-5-11-19)22(26)17-8-6-9-18(16-17)23-21(25)14-13-20-12-7-15-27-20/h3-16H,2H2,1H3,(H,23,25)/b14-13+. The molecule has 136 valence electrons. The summed E-state index contributed by atoms with van der Waals surface area (Å²) < 4.78 is 0. The number of thiophene rings is 1. The van der Waals surface area contributed by atoms with Gasteiger partial charge in [0.25, 0.3) is 5.91 Å². The molecule has 4 nitrogen and oxygen atoms in total. The first-order valence-corrected chi connectivity index (χ1v) is 9.55. The lowest BCUT2D eigenvalue weighted by molar-refractivity contribution is -0.111. The van der Waals surface area contributed by atoms with Gasteiger partial charge >= 0.3 is 0 Å². The van der Waals surface area contributed by atoms with Crippen LogP contribution in [0.25, 0.3) is 6.08 Å². The fourth-order valence-electron chi connectivity index (χ4n) is 2.67. The third kappa shape index (κ3) is 4.92. The van der Waals surface area contributed by atoms with Crippen molar-refractivity contribution in [3.05, 3.63) is 88.6 Å². The summed E-state index contributed by atoms with van der Waals surface area (Å²) in [6.45, 7) is 2.49. The lowest BCUT2D eigenvalue weighted by atomic mass is 10.1. The van der Waals surface area contributed by atoms with Crippen LogP contribution in [0.2, 0.25) is 0 Å². The van der Waals surface area contributed by atoms with E-state index in [0.717, 1.165) is 10.6 Å². The lowest BCUT2D eigenvalue weighted by Crippen LogP contribution is -2.30. The minimum absolute atomic E-state index is 0.103. The molecule has 2 aromatic carbocycles. The molecule has 0 fully saturated rings. The predicted molar refractivity (Wildman–Crippen MR) is 112 cm³/mol. The molecule has 0 aliphatic rings. The molecular weight excluding hydrogens is 356 g/mol. The summed E-state index contributed by atoms with van der Waals surface area (Å²) in [6, 6.07) is 20.4. The third-order valence-corrected chi connectivity index (χ3v) is 4.79. The zero-order valence-electron chi connectivity index (χ0n) is 15.0. The largest absolute Gasteiger partial charge is 0.322 e. The molecule has 0 saturated carbocycles. The average Bonchev–Trinajstić information content (AvgIpc) is 3.22. The summed E-state index contributed by atoms with van der Waals surface area (Å²) >= 11 is 1.56. The minimum atomic E-state index is -0.233. The van der Waals surface area contributed by atoms with Crippen LogP contribution in [0, 0.1) is 0 Å². The van der Waals surface area contributed by atoms with E-state index in [1.807, 2.05) is 54.8 Å². The van der Waals surface area contributed by atoms with Gasteiger partial charge in [-0.05, 0) is 54.8 Å². The van der Waals surface area contributed by atoms with Crippen molar-refractivity contribution in [1.82, 2.24) is 0 Å². The molecule has 1 heterocycles. The second kappa shape index (κ2) is 8.96. The Balaban J connectivity index is 1.72. The fraction of sp³-hybridized carbons (Fsp3) is 0.0909. The van der Waals surface area contributed by atoms with Gasteiger partial charge in [0.15, 0.2) is 0 Å². The van der Waals surface area contributed by atoms with E-state index < -0.39 is 0 Å². The molecule has 3 aromatic rings. The molecule has 0 spiro atoms. The highest BCUT2D eigenvalue weighted by Gasteiger charge is 2.16. The molecule has 1 aromatic heterocycles. The Hall–Kier alpha value is -3.18. The van der Waals surface area contributed by atoms with E-state index in [1.54, 1.807) is 46.6 Å². The topological polar surface area (TPSA) is 49.4 Å². The number of anilines is 2. The van der Waals surface area contributed by atoms with Gasteiger partial charge in [-0.1, -0.05) is 30.3 Å².